The summed E-state index contributed by atoms with van der Waals surface area (Å²) in [4.78, 5) is 14.8. The maximum Gasteiger partial charge on any atom is 0.242 e. The van der Waals surface area contributed by atoms with Crippen LogP contribution in [0, 0.1) is 11.8 Å². The quantitative estimate of drug-likeness (QED) is 0.798. The molecule has 0 aromatic rings. The zero-order chi connectivity index (χ0) is 12.5. The smallest absolute Gasteiger partial charge is 0.242 e. The van der Waals surface area contributed by atoms with Crippen LogP contribution in [0.25, 0.3) is 0 Å². The topological polar surface area (TPSA) is 32.3 Å². The molecule has 98 valence electrons. The number of piperidine rings is 1. The molecule has 3 unspecified atom stereocenters. The lowest BCUT2D eigenvalue weighted by molar-refractivity contribution is -0.140. The maximum absolute atomic E-state index is 12.7. The van der Waals surface area contributed by atoms with E-state index in [1.165, 1.54) is 0 Å². The summed E-state index contributed by atoms with van der Waals surface area (Å²) in [6.07, 6.45) is 4.24. The third kappa shape index (κ3) is 2.35. The van der Waals surface area contributed by atoms with Crippen LogP contribution in [0.4, 0.5) is 0 Å². The fraction of sp³-hybridized carbons (Fsp3) is 0.929. The van der Waals surface area contributed by atoms with Gasteiger partial charge in [0, 0.05) is 13.1 Å². The van der Waals surface area contributed by atoms with E-state index in [0.29, 0.717) is 11.8 Å². The zero-order valence-electron chi connectivity index (χ0n) is 11.5. The summed E-state index contributed by atoms with van der Waals surface area (Å²) in [7, 11) is 0. The van der Waals surface area contributed by atoms with Crippen LogP contribution in [-0.2, 0) is 4.79 Å². The van der Waals surface area contributed by atoms with Gasteiger partial charge in [-0.2, -0.15) is 0 Å². The number of likely N-dealkylation sites (tertiary alicyclic amines) is 1. The SMILES string of the molecule is CCC1(C(=O)N2CCC(C)C(C)C2)CCCN1. The first kappa shape index (κ1) is 12.9. The predicted molar refractivity (Wildman–Crippen MR) is 69.8 cm³/mol. The molecule has 2 aliphatic rings. The van der Waals surface area contributed by atoms with Crippen LogP contribution < -0.4 is 5.32 Å². The molecule has 1 amide bonds. The summed E-state index contributed by atoms with van der Waals surface area (Å²) in [6.45, 7) is 9.60. The van der Waals surface area contributed by atoms with Crippen LogP contribution in [0.1, 0.15) is 46.5 Å². The molecule has 0 radical (unpaired) electrons. The summed E-state index contributed by atoms with van der Waals surface area (Å²) in [6, 6.07) is 0. The van der Waals surface area contributed by atoms with Crippen LogP contribution in [0.2, 0.25) is 0 Å². The van der Waals surface area contributed by atoms with Gasteiger partial charge in [0.05, 0.1) is 5.54 Å². The number of amides is 1. The predicted octanol–water partition coefficient (Wildman–Crippen LogP) is 2.02. The van der Waals surface area contributed by atoms with Crippen molar-refractivity contribution < 1.29 is 4.79 Å². The first-order valence-electron chi connectivity index (χ1n) is 7.13. The summed E-state index contributed by atoms with van der Waals surface area (Å²) < 4.78 is 0. The van der Waals surface area contributed by atoms with Gasteiger partial charge in [-0.3, -0.25) is 4.79 Å². The molecule has 2 heterocycles. The van der Waals surface area contributed by atoms with Crippen molar-refractivity contribution in [3.63, 3.8) is 0 Å². The number of carbonyl (C=O) groups is 1. The minimum absolute atomic E-state index is 0.236. The molecule has 2 fully saturated rings. The number of nitrogens with one attached hydrogen (secondary N) is 1. The van der Waals surface area contributed by atoms with Gasteiger partial charge < -0.3 is 10.2 Å². The highest BCUT2D eigenvalue weighted by atomic mass is 16.2. The van der Waals surface area contributed by atoms with E-state index in [1.54, 1.807) is 0 Å². The van der Waals surface area contributed by atoms with E-state index in [2.05, 4.69) is 31.0 Å². The lowest BCUT2D eigenvalue weighted by Gasteiger charge is -2.40. The summed E-state index contributed by atoms with van der Waals surface area (Å²) in [5, 5.41) is 3.45. The van der Waals surface area contributed by atoms with Crippen molar-refractivity contribution >= 4 is 5.91 Å². The summed E-state index contributed by atoms with van der Waals surface area (Å²) >= 11 is 0. The molecule has 3 nitrogen and oxygen atoms in total. The van der Waals surface area contributed by atoms with E-state index in [4.69, 9.17) is 0 Å². The van der Waals surface area contributed by atoms with Crippen molar-refractivity contribution in [2.24, 2.45) is 11.8 Å². The van der Waals surface area contributed by atoms with Crippen LogP contribution in [0.15, 0.2) is 0 Å². The van der Waals surface area contributed by atoms with Crippen molar-refractivity contribution in [3.05, 3.63) is 0 Å². The molecule has 0 aliphatic carbocycles. The molecular formula is C14H26N2O. The largest absolute Gasteiger partial charge is 0.341 e. The molecule has 0 aromatic heterocycles. The molecule has 0 spiro atoms. The number of carbonyl (C=O) groups excluding carboxylic acids is 1. The molecule has 0 aromatic carbocycles. The van der Waals surface area contributed by atoms with E-state index in [0.717, 1.165) is 51.2 Å². The van der Waals surface area contributed by atoms with Crippen LogP contribution >= 0.6 is 0 Å². The van der Waals surface area contributed by atoms with E-state index in [1.807, 2.05) is 0 Å². The highest BCUT2D eigenvalue weighted by Crippen LogP contribution is 2.29. The monoisotopic (exact) mass is 238 g/mol. The Kier molecular flexibility index (Phi) is 3.76. The third-order valence-corrected chi connectivity index (χ3v) is 4.88. The van der Waals surface area contributed by atoms with Gasteiger partial charge in [0.2, 0.25) is 5.91 Å². The second kappa shape index (κ2) is 4.97. The Balaban J connectivity index is 2.04. The minimum atomic E-state index is -0.236. The number of hydrogen-bond donors (Lipinski definition) is 1. The van der Waals surface area contributed by atoms with E-state index in [9.17, 15) is 4.79 Å². The standard InChI is InChI=1S/C14H26N2O/c1-4-14(7-5-8-15-14)13(17)16-9-6-11(2)12(3)10-16/h11-12,15H,4-10H2,1-3H3. The second-order valence-electron chi connectivity index (χ2n) is 5.96. The normalized spacial score (nSPS) is 38.4. The molecule has 2 aliphatic heterocycles. The van der Waals surface area contributed by atoms with Gasteiger partial charge in [-0.15, -0.1) is 0 Å². The first-order chi connectivity index (χ1) is 8.09. The van der Waals surface area contributed by atoms with Gasteiger partial charge in [0.1, 0.15) is 0 Å². The molecule has 3 atom stereocenters. The Morgan fingerprint density at radius 3 is 2.71 bits per heavy atom. The maximum atomic E-state index is 12.7. The van der Waals surface area contributed by atoms with Gasteiger partial charge in [-0.1, -0.05) is 20.8 Å². The minimum Gasteiger partial charge on any atom is -0.341 e. The Bertz CT molecular complexity index is 284. The van der Waals surface area contributed by atoms with Crippen LogP contribution in [0.5, 0.6) is 0 Å². The van der Waals surface area contributed by atoms with E-state index in [-0.39, 0.29) is 5.54 Å². The third-order valence-electron chi connectivity index (χ3n) is 4.88. The second-order valence-corrected chi connectivity index (χ2v) is 5.96. The van der Waals surface area contributed by atoms with Gasteiger partial charge >= 0.3 is 0 Å². The highest BCUT2D eigenvalue weighted by molar-refractivity contribution is 5.86. The Morgan fingerprint density at radius 1 is 1.41 bits per heavy atom. The Hall–Kier alpha value is -0.570. The average Bonchev–Trinajstić information content (AvgIpc) is 2.81. The molecule has 3 heteroatoms. The number of hydrogen-bond acceptors (Lipinski definition) is 2. The van der Waals surface area contributed by atoms with E-state index >= 15 is 0 Å². The van der Waals surface area contributed by atoms with Gasteiger partial charge in [-0.25, -0.2) is 0 Å². The molecule has 1 N–H and O–H groups in total. The van der Waals surface area contributed by atoms with Crippen LogP contribution in [0.3, 0.4) is 0 Å². The van der Waals surface area contributed by atoms with Crippen LogP contribution in [-0.4, -0.2) is 36.0 Å². The lowest BCUT2D eigenvalue weighted by atomic mass is 9.86. The highest BCUT2D eigenvalue weighted by Gasteiger charge is 2.42. The molecular weight excluding hydrogens is 212 g/mol. The molecule has 2 rings (SSSR count). The first-order valence-corrected chi connectivity index (χ1v) is 7.13. The van der Waals surface area contributed by atoms with Crippen molar-refractivity contribution in [1.82, 2.24) is 10.2 Å². The molecule has 2 saturated heterocycles. The fourth-order valence-corrected chi connectivity index (χ4v) is 3.19. The van der Waals surface area contributed by atoms with Gasteiger partial charge in [-0.05, 0) is 44.1 Å². The molecule has 0 saturated carbocycles. The van der Waals surface area contributed by atoms with Crippen molar-refractivity contribution in [1.29, 1.82) is 0 Å². The molecule has 0 bridgehead atoms. The van der Waals surface area contributed by atoms with Crippen molar-refractivity contribution in [2.75, 3.05) is 19.6 Å². The zero-order valence-corrected chi connectivity index (χ0v) is 11.5. The molecule has 17 heavy (non-hydrogen) atoms. The summed E-state index contributed by atoms with van der Waals surface area (Å²) in [5.41, 5.74) is -0.236. The fourth-order valence-electron chi connectivity index (χ4n) is 3.19. The Morgan fingerprint density at radius 2 is 2.18 bits per heavy atom. The lowest BCUT2D eigenvalue weighted by Crippen LogP contribution is -2.57. The number of rotatable bonds is 2. The average molecular weight is 238 g/mol. The van der Waals surface area contributed by atoms with Gasteiger partial charge in [0.15, 0.2) is 0 Å². The van der Waals surface area contributed by atoms with Crippen molar-refractivity contribution in [2.45, 2.75) is 52.0 Å². The number of nitrogens with zero attached hydrogens (tertiary/aromatic N) is 1. The van der Waals surface area contributed by atoms with Gasteiger partial charge in [0.25, 0.3) is 0 Å². The van der Waals surface area contributed by atoms with E-state index < -0.39 is 0 Å². The Labute approximate surface area is 105 Å². The summed E-state index contributed by atoms with van der Waals surface area (Å²) in [5.74, 6) is 1.76. The van der Waals surface area contributed by atoms with Crippen molar-refractivity contribution in [3.8, 4) is 0 Å².